The highest BCUT2D eigenvalue weighted by Crippen LogP contribution is 2.08. The van der Waals surface area contributed by atoms with Crippen LogP contribution in [0.3, 0.4) is 0 Å². The Morgan fingerprint density at radius 3 is 3.00 bits per heavy atom. The molecular formula is C5H5ClN2O2. The molecule has 0 bridgehead atoms. The number of hydrogen-bond acceptors (Lipinski definition) is 3. The summed E-state index contributed by atoms with van der Waals surface area (Å²) in [6.45, 7) is 0. The summed E-state index contributed by atoms with van der Waals surface area (Å²) in [4.78, 5) is 10.5. The fourth-order valence-electron chi connectivity index (χ4n) is 0.561. The van der Waals surface area contributed by atoms with Gasteiger partial charge in [0.2, 0.25) is 0 Å². The van der Waals surface area contributed by atoms with Crippen LogP contribution in [0.5, 0.6) is 0 Å². The maximum absolute atomic E-state index is 10.5. The molecule has 1 aromatic rings. The molecule has 1 aromatic heterocycles. The Bertz CT molecular complexity index is 246. The van der Waals surface area contributed by atoms with Gasteiger partial charge >= 0.3 is 0 Å². The zero-order valence-corrected chi connectivity index (χ0v) is 5.76. The van der Waals surface area contributed by atoms with E-state index >= 15 is 0 Å². The molecule has 0 atom stereocenters. The topological polar surface area (TPSA) is 69.1 Å². The Balaban J connectivity index is 3.01. The number of amides is 1. The van der Waals surface area contributed by atoms with Crippen LogP contribution in [-0.4, -0.2) is 11.1 Å². The third-order valence-electron chi connectivity index (χ3n) is 1.03. The van der Waals surface area contributed by atoms with E-state index in [1.165, 1.54) is 6.20 Å². The first-order valence-electron chi connectivity index (χ1n) is 2.55. The molecule has 1 rings (SSSR count). The zero-order valence-electron chi connectivity index (χ0n) is 5.00. The summed E-state index contributed by atoms with van der Waals surface area (Å²) in [5.41, 5.74) is 5.18. The average molecular weight is 161 g/mol. The maximum atomic E-state index is 10.5. The lowest BCUT2D eigenvalue weighted by molar-refractivity contribution is 0.0998. The van der Waals surface area contributed by atoms with Crippen molar-refractivity contribution >= 4 is 17.5 Å². The zero-order chi connectivity index (χ0) is 7.56. The van der Waals surface area contributed by atoms with Gasteiger partial charge in [-0.25, -0.2) is 0 Å². The minimum absolute atomic E-state index is 0.109. The fraction of sp³-hybridized carbons (Fsp3) is 0.200. The molecule has 10 heavy (non-hydrogen) atoms. The molecule has 0 aliphatic heterocycles. The lowest BCUT2D eigenvalue weighted by atomic mass is 10.3. The van der Waals surface area contributed by atoms with E-state index in [0.29, 0.717) is 5.76 Å². The van der Waals surface area contributed by atoms with Gasteiger partial charge in [0, 0.05) is 0 Å². The minimum atomic E-state index is -0.572. The normalized spacial score (nSPS) is 9.70. The van der Waals surface area contributed by atoms with Crippen molar-refractivity contribution in [1.82, 2.24) is 5.16 Å². The van der Waals surface area contributed by atoms with Crippen molar-refractivity contribution in [2.75, 3.05) is 0 Å². The van der Waals surface area contributed by atoms with Gasteiger partial charge in [-0.3, -0.25) is 4.79 Å². The van der Waals surface area contributed by atoms with Gasteiger partial charge in [-0.15, -0.1) is 11.6 Å². The van der Waals surface area contributed by atoms with Crippen molar-refractivity contribution in [2.24, 2.45) is 5.73 Å². The van der Waals surface area contributed by atoms with Crippen molar-refractivity contribution in [3.05, 3.63) is 17.5 Å². The highest BCUT2D eigenvalue weighted by molar-refractivity contribution is 6.17. The van der Waals surface area contributed by atoms with E-state index in [2.05, 4.69) is 9.68 Å². The molecule has 0 saturated carbocycles. The quantitative estimate of drug-likeness (QED) is 0.641. The molecule has 0 aliphatic carbocycles. The molecule has 0 aromatic carbocycles. The molecule has 0 radical (unpaired) electrons. The molecule has 54 valence electrons. The summed E-state index contributed by atoms with van der Waals surface area (Å²) in [5.74, 6) is -0.149. The average Bonchev–Trinajstić information content (AvgIpc) is 2.33. The number of rotatable bonds is 2. The molecule has 1 heterocycles. The lowest BCUT2D eigenvalue weighted by Gasteiger charge is -1.87. The molecule has 0 spiro atoms. The van der Waals surface area contributed by atoms with Crippen LogP contribution in [0.2, 0.25) is 0 Å². The first kappa shape index (κ1) is 7.08. The van der Waals surface area contributed by atoms with Crippen LogP contribution in [-0.2, 0) is 5.88 Å². The van der Waals surface area contributed by atoms with E-state index in [1.807, 2.05) is 0 Å². The summed E-state index contributed by atoms with van der Waals surface area (Å²) in [6, 6.07) is 0. The van der Waals surface area contributed by atoms with E-state index in [-0.39, 0.29) is 11.4 Å². The van der Waals surface area contributed by atoms with Crippen LogP contribution in [0.25, 0.3) is 0 Å². The van der Waals surface area contributed by atoms with Crippen molar-refractivity contribution in [3.8, 4) is 0 Å². The van der Waals surface area contributed by atoms with Crippen LogP contribution in [0.1, 0.15) is 16.1 Å². The van der Waals surface area contributed by atoms with Gasteiger partial charge in [-0.2, -0.15) is 0 Å². The van der Waals surface area contributed by atoms with Gasteiger partial charge in [0.15, 0.2) is 5.76 Å². The first-order valence-corrected chi connectivity index (χ1v) is 3.08. The van der Waals surface area contributed by atoms with E-state index in [1.54, 1.807) is 0 Å². The Morgan fingerprint density at radius 2 is 2.60 bits per heavy atom. The first-order chi connectivity index (χ1) is 4.75. The monoisotopic (exact) mass is 160 g/mol. The summed E-state index contributed by atoms with van der Waals surface area (Å²) in [7, 11) is 0. The molecule has 4 nitrogen and oxygen atoms in total. The summed E-state index contributed by atoms with van der Waals surface area (Å²) in [6.07, 6.45) is 1.25. The second-order valence-corrected chi connectivity index (χ2v) is 1.93. The van der Waals surface area contributed by atoms with E-state index in [0.717, 1.165) is 0 Å². The van der Waals surface area contributed by atoms with Crippen LogP contribution in [0, 0.1) is 0 Å². The lowest BCUT2D eigenvalue weighted by Crippen LogP contribution is -2.11. The number of nitrogens with zero attached hydrogens (tertiary/aromatic N) is 1. The number of primary amides is 1. The summed E-state index contributed by atoms with van der Waals surface area (Å²) >= 11 is 5.38. The van der Waals surface area contributed by atoms with Crippen molar-refractivity contribution in [1.29, 1.82) is 0 Å². The van der Waals surface area contributed by atoms with Gasteiger partial charge in [-0.05, 0) is 0 Å². The second-order valence-electron chi connectivity index (χ2n) is 1.66. The fourth-order valence-corrected chi connectivity index (χ4v) is 0.754. The summed E-state index contributed by atoms with van der Waals surface area (Å²) in [5, 5.41) is 3.35. The number of nitrogens with two attached hydrogens (primary N) is 1. The molecule has 2 N–H and O–H groups in total. The summed E-state index contributed by atoms with van der Waals surface area (Å²) < 4.78 is 4.59. The number of hydrogen-bond donors (Lipinski definition) is 1. The van der Waals surface area contributed by atoms with Crippen LogP contribution in [0.4, 0.5) is 0 Å². The molecular weight excluding hydrogens is 156 g/mol. The molecule has 1 amide bonds. The number of carbonyl (C=O) groups excluding carboxylic acids is 1. The van der Waals surface area contributed by atoms with Crippen molar-refractivity contribution in [2.45, 2.75) is 5.88 Å². The second kappa shape index (κ2) is 2.70. The van der Waals surface area contributed by atoms with Crippen LogP contribution >= 0.6 is 11.6 Å². The Kier molecular flexibility index (Phi) is 1.91. The molecule has 0 fully saturated rings. The van der Waals surface area contributed by atoms with Crippen LogP contribution < -0.4 is 5.73 Å². The third-order valence-corrected chi connectivity index (χ3v) is 1.27. The number of halogens is 1. The van der Waals surface area contributed by atoms with Gasteiger partial charge in [-0.1, -0.05) is 5.16 Å². The Morgan fingerprint density at radius 1 is 1.90 bits per heavy atom. The third kappa shape index (κ3) is 1.11. The molecule has 0 saturated heterocycles. The number of aromatic nitrogens is 1. The van der Waals surface area contributed by atoms with E-state index < -0.39 is 5.91 Å². The smallest absolute Gasteiger partial charge is 0.253 e. The molecule has 0 unspecified atom stereocenters. The predicted molar refractivity (Wildman–Crippen MR) is 34.6 cm³/mol. The standard InChI is InChI=1S/C5H5ClN2O2/c6-1-4-3(5(7)9)2-8-10-4/h2H,1H2,(H2,7,9). The molecule has 5 heteroatoms. The molecule has 0 aliphatic rings. The highest BCUT2D eigenvalue weighted by atomic mass is 35.5. The maximum Gasteiger partial charge on any atom is 0.253 e. The van der Waals surface area contributed by atoms with Gasteiger partial charge in [0.05, 0.1) is 12.1 Å². The number of alkyl halides is 1. The van der Waals surface area contributed by atoms with Crippen LogP contribution in [0.15, 0.2) is 10.7 Å². The van der Waals surface area contributed by atoms with Gasteiger partial charge in [0.25, 0.3) is 5.91 Å². The van der Waals surface area contributed by atoms with Gasteiger partial charge < -0.3 is 10.3 Å². The SMILES string of the molecule is NC(=O)c1cnoc1CCl. The largest absolute Gasteiger partial charge is 0.365 e. The van der Waals surface area contributed by atoms with Crippen molar-refractivity contribution in [3.63, 3.8) is 0 Å². The Labute approximate surface area is 61.9 Å². The highest BCUT2D eigenvalue weighted by Gasteiger charge is 2.10. The Hall–Kier alpha value is -1.03. The number of carbonyl (C=O) groups is 1. The van der Waals surface area contributed by atoms with Crippen molar-refractivity contribution < 1.29 is 9.32 Å². The predicted octanol–water partition coefficient (Wildman–Crippen LogP) is 0.512. The van der Waals surface area contributed by atoms with E-state index in [9.17, 15) is 4.79 Å². The van der Waals surface area contributed by atoms with Gasteiger partial charge in [0.1, 0.15) is 5.56 Å². The van der Waals surface area contributed by atoms with E-state index in [4.69, 9.17) is 17.3 Å². The minimum Gasteiger partial charge on any atom is -0.365 e.